The number of benzene rings is 1. The lowest BCUT2D eigenvalue weighted by atomic mass is 10.1. The normalized spacial score (nSPS) is 16.7. The Labute approximate surface area is 154 Å². The molecular weight excluding hydrogens is 361 g/mol. The molecule has 2 aliphatic rings. The van der Waals surface area contributed by atoms with Crippen LogP contribution in [0.3, 0.4) is 0 Å². The maximum absolute atomic E-state index is 13.3. The van der Waals surface area contributed by atoms with Crippen LogP contribution in [-0.2, 0) is 19.5 Å². The number of halogens is 2. The molecule has 136 valence electrons. The maximum atomic E-state index is 13.3. The number of aromatic nitrogens is 1. The van der Waals surface area contributed by atoms with Crippen LogP contribution in [-0.4, -0.2) is 51.4 Å². The van der Waals surface area contributed by atoms with Gasteiger partial charge in [0.15, 0.2) is 11.4 Å². The van der Waals surface area contributed by atoms with Gasteiger partial charge in [-0.15, -0.1) is 0 Å². The van der Waals surface area contributed by atoms with Crippen molar-refractivity contribution in [3.05, 3.63) is 51.6 Å². The van der Waals surface area contributed by atoms with Gasteiger partial charge in [-0.2, -0.15) is 0 Å². The summed E-state index contributed by atoms with van der Waals surface area (Å²) in [6.07, 6.45) is 0.603. The summed E-state index contributed by atoms with van der Waals surface area (Å²) in [5, 5.41) is 10.6. The number of hydrogen-bond donors (Lipinski definition) is 1. The van der Waals surface area contributed by atoms with Crippen molar-refractivity contribution < 1.29 is 19.1 Å². The van der Waals surface area contributed by atoms with Crippen LogP contribution < -0.4 is 0 Å². The van der Waals surface area contributed by atoms with E-state index in [4.69, 9.17) is 11.6 Å². The highest BCUT2D eigenvalue weighted by Crippen LogP contribution is 2.36. The summed E-state index contributed by atoms with van der Waals surface area (Å²) in [7, 11) is 1.67. The third-order valence-corrected chi connectivity index (χ3v) is 5.32. The second-order valence-corrected chi connectivity index (χ2v) is 7.03. The summed E-state index contributed by atoms with van der Waals surface area (Å²) in [6.45, 7) is 1.74. The molecule has 6 nitrogen and oxygen atoms in total. The van der Waals surface area contributed by atoms with Crippen LogP contribution in [0.1, 0.15) is 32.1 Å². The van der Waals surface area contributed by atoms with Gasteiger partial charge < -0.3 is 19.5 Å². The minimum absolute atomic E-state index is 0.00211. The van der Waals surface area contributed by atoms with E-state index < -0.39 is 5.82 Å². The van der Waals surface area contributed by atoms with Crippen LogP contribution in [0.25, 0.3) is 0 Å². The molecule has 0 unspecified atom stereocenters. The lowest BCUT2D eigenvalue weighted by molar-refractivity contribution is 0.0683. The molecule has 2 amide bonds. The molecule has 1 aromatic heterocycles. The first-order chi connectivity index (χ1) is 12.4. The molecule has 0 radical (unpaired) electrons. The number of aromatic hydroxyl groups is 1. The van der Waals surface area contributed by atoms with Crippen molar-refractivity contribution in [1.29, 1.82) is 0 Å². The molecule has 1 aromatic carbocycles. The van der Waals surface area contributed by atoms with Crippen molar-refractivity contribution in [2.24, 2.45) is 0 Å². The Bertz CT molecular complexity index is 940. The smallest absolute Gasteiger partial charge is 0.274 e. The van der Waals surface area contributed by atoms with E-state index in [1.165, 1.54) is 17.0 Å². The van der Waals surface area contributed by atoms with Crippen LogP contribution in [0.2, 0.25) is 5.02 Å². The average Bonchev–Trinajstić information content (AvgIpc) is 2.90. The highest BCUT2D eigenvalue weighted by atomic mass is 35.5. The molecule has 0 aliphatic carbocycles. The van der Waals surface area contributed by atoms with E-state index in [1.807, 2.05) is 0 Å². The number of carbonyl (C=O) groups excluding carboxylic acids is 2. The summed E-state index contributed by atoms with van der Waals surface area (Å²) in [5.41, 5.74) is 1.80. The Morgan fingerprint density at radius 1 is 1.19 bits per heavy atom. The van der Waals surface area contributed by atoms with E-state index in [-0.39, 0.29) is 40.4 Å². The minimum atomic E-state index is -0.512. The van der Waals surface area contributed by atoms with E-state index >= 15 is 0 Å². The van der Waals surface area contributed by atoms with Gasteiger partial charge in [-0.3, -0.25) is 9.59 Å². The second-order valence-electron chi connectivity index (χ2n) is 6.62. The number of likely N-dealkylation sites (N-methyl/N-ethyl adjacent to an activating group) is 1. The molecule has 4 rings (SSSR count). The number of rotatable bonds is 2. The minimum Gasteiger partial charge on any atom is -0.505 e. The van der Waals surface area contributed by atoms with Crippen LogP contribution in [0.15, 0.2) is 18.2 Å². The molecule has 3 heterocycles. The predicted molar refractivity (Wildman–Crippen MR) is 92.9 cm³/mol. The third-order valence-electron chi connectivity index (χ3n) is 5.03. The zero-order valence-electron chi connectivity index (χ0n) is 14.1. The summed E-state index contributed by atoms with van der Waals surface area (Å²) in [6, 6.07) is 4.33. The molecule has 2 aromatic rings. The van der Waals surface area contributed by atoms with Gasteiger partial charge >= 0.3 is 0 Å². The average molecular weight is 378 g/mol. The highest BCUT2D eigenvalue weighted by molar-refractivity contribution is 6.30. The van der Waals surface area contributed by atoms with Crippen molar-refractivity contribution in [3.8, 4) is 5.75 Å². The zero-order chi connectivity index (χ0) is 18.6. The summed E-state index contributed by atoms with van der Waals surface area (Å²) >= 11 is 5.81. The Morgan fingerprint density at radius 3 is 2.69 bits per heavy atom. The zero-order valence-corrected chi connectivity index (χ0v) is 14.9. The molecular formula is C18H17ClFN3O3. The van der Waals surface area contributed by atoms with Gasteiger partial charge in [-0.25, -0.2) is 4.39 Å². The van der Waals surface area contributed by atoms with Gasteiger partial charge in [0.05, 0.1) is 5.02 Å². The molecule has 1 N–H and O–H groups in total. The quantitative estimate of drug-likeness (QED) is 0.873. The van der Waals surface area contributed by atoms with Gasteiger partial charge in [0.2, 0.25) is 0 Å². The molecule has 2 aliphatic heterocycles. The van der Waals surface area contributed by atoms with Gasteiger partial charge in [0, 0.05) is 45.3 Å². The Morgan fingerprint density at radius 2 is 1.96 bits per heavy atom. The maximum Gasteiger partial charge on any atom is 0.274 e. The van der Waals surface area contributed by atoms with Gasteiger partial charge in [-0.05, 0) is 17.7 Å². The Kier molecular flexibility index (Phi) is 3.91. The Hall–Kier alpha value is -2.54. The fraction of sp³-hybridized carbons (Fsp3) is 0.333. The standard InChI is InChI=1S/C18H17ClFN3O3/c1-21-5-4-13-14(17(21)25)16(24)15-18(26)22(6-7-23(13)15)9-10-2-3-12(20)11(19)8-10/h2-3,8,24H,4-7,9H2,1H3. The number of fused-ring (bicyclic) bond motifs is 3. The number of nitrogens with zero attached hydrogens (tertiary/aromatic N) is 3. The van der Waals surface area contributed by atoms with Gasteiger partial charge in [-0.1, -0.05) is 17.7 Å². The fourth-order valence-electron chi connectivity index (χ4n) is 3.65. The molecule has 0 spiro atoms. The predicted octanol–water partition coefficient (Wildman–Crippen LogP) is 2.27. The van der Waals surface area contributed by atoms with Crippen molar-refractivity contribution in [1.82, 2.24) is 14.4 Å². The molecule has 0 atom stereocenters. The van der Waals surface area contributed by atoms with Gasteiger partial charge in [0.1, 0.15) is 11.4 Å². The fourth-order valence-corrected chi connectivity index (χ4v) is 3.85. The van der Waals surface area contributed by atoms with Crippen LogP contribution >= 0.6 is 11.6 Å². The van der Waals surface area contributed by atoms with E-state index in [1.54, 1.807) is 22.6 Å². The van der Waals surface area contributed by atoms with E-state index in [2.05, 4.69) is 0 Å². The number of hydrogen-bond acceptors (Lipinski definition) is 3. The molecule has 0 saturated carbocycles. The van der Waals surface area contributed by atoms with Crippen molar-refractivity contribution in [2.75, 3.05) is 20.1 Å². The molecule has 0 saturated heterocycles. The van der Waals surface area contributed by atoms with Crippen molar-refractivity contribution in [3.63, 3.8) is 0 Å². The Balaban J connectivity index is 1.68. The largest absolute Gasteiger partial charge is 0.505 e. The summed E-state index contributed by atoms with van der Waals surface area (Å²) in [5.74, 6) is -1.38. The molecule has 8 heteroatoms. The topological polar surface area (TPSA) is 65.8 Å². The molecule has 0 fully saturated rings. The summed E-state index contributed by atoms with van der Waals surface area (Å²) in [4.78, 5) is 28.4. The lowest BCUT2D eigenvalue weighted by Crippen LogP contribution is -2.40. The van der Waals surface area contributed by atoms with Crippen molar-refractivity contribution >= 4 is 23.4 Å². The van der Waals surface area contributed by atoms with Gasteiger partial charge in [0.25, 0.3) is 11.8 Å². The van der Waals surface area contributed by atoms with Crippen molar-refractivity contribution in [2.45, 2.75) is 19.5 Å². The number of carbonyl (C=O) groups is 2. The highest BCUT2D eigenvalue weighted by Gasteiger charge is 2.38. The van der Waals surface area contributed by atoms with Crippen LogP contribution in [0.5, 0.6) is 5.75 Å². The van der Waals surface area contributed by atoms with Crippen LogP contribution in [0.4, 0.5) is 4.39 Å². The monoisotopic (exact) mass is 377 g/mol. The first-order valence-corrected chi connectivity index (χ1v) is 8.69. The van der Waals surface area contributed by atoms with E-state index in [9.17, 15) is 19.1 Å². The SMILES string of the molecule is CN1CCc2c(c(O)c3n2CCN(Cc2ccc(F)c(Cl)c2)C3=O)C1=O. The van der Waals surface area contributed by atoms with E-state index in [0.29, 0.717) is 31.6 Å². The number of amides is 2. The second kappa shape index (κ2) is 6.02. The van der Waals surface area contributed by atoms with Crippen LogP contribution in [0, 0.1) is 5.82 Å². The summed E-state index contributed by atoms with van der Waals surface area (Å²) < 4.78 is 15.1. The first-order valence-electron chi connectivity index (χ1n) is 8.31. The third kappa shape index (κ3) is 2.46. The van der Waals surface area contributed by atoms with E-state index in [0.717, 1.165) is 5.69 Å². The molecule has 0 bridgehead atoms. The molecule has 26 heavy (non-hydrogen) atoms. The lowest BCUT2D eigenvalue weighted by Gasteiger charge is -2.30. The first kappa shape index (κ1) is 16.9.